The molecule has 3 aliphatic carbocycles. The van der Waals surface area contributed by atoms with Crippen molar-refractivity contribution >= 4 is 29.4 Å². The second kappa shape index (κ2) is 10.2. The van der Waals surface area contributed by atoms with E-state index in [0.717, 1.165) is 0 Å². The maximum atomic E-state index is 14.0. The topological polar surface area (TPSA) is 214 Å². The van der Waals surface area contributed by atoms with Crippen molar-refractivity contribution in [2.24, 2.45) is 40.2 Å². The minimum atomic E-state index is -2.59. The number of alkyl carbamates (subject to hydrolysis) is 1. The van der Waals surface area contributed by atoms with Gasteiger partial charge in [-0.15, -0.1) is 0 Å². The predicted molar refractivity (Wildman–Crippen MR) is 142 cm³/mol. The fraction of sp³-hybridized carbons (Fsp3) is 0.621. The molecule has 0 radical (unpaired) electrons. The molecule has 41 heavy (non-hydrogen) atoms. The lowest BCUT2D eigenvalue weighted by atomic mass is 9.39. The van der Waals surface area contributed by atoms with E-state index in [-0.39, 0.29) is 42.4 Å². The number of aromatic hydroxyl groups is 1. The van der Waals surface area contributed by atoms with Crippen LogP contribution in [0.5, 0.6) is 5.75 Å². The van der Waals surface area contributed by atoms with Crippen molar-refractivity contribution in [2.45, 2.75) is 71.8 Å². The van der Waals surface area contributed by atoms with E-state index < -0.39 is 76.6 Å². The molecule has 3 aliphatic rings. The standard InChI is InChI=1S/C29H38N2O10/c1-12(2)19-22(35)18(25(30)38)23(36)29(40)24(37)20-21(34)17-15(8-27(20,4)11-28(19,29)5)14(6-7-16(17)33)9-31-26(39)41-10-13(3)32/h6-7,12,18-20,22,24,33,35,37,40H,8-11H2,1-5H3,(H2,30,38)(H,31,39)/t18-,19+,20-,22?,24?,27-,28-,29+/m1/s1. The second-order valence-corrected chi connectivity index (χ2v) is 12.7. The second-order valence-electron chi connectivity index (χ2n) is 12.7. The van der Waals surface area contributed by atoms with Crippen LogP contribution >= 0.6 is 0 Å². The highest BCUT2D eigenvalue weighted by molar-refractivity contribution is 6.09. The van der Waals surface area contributed by atoms with Crippen LogP contribution in [0.25, 0.3) is 0 Å². The monoisotopic (exact) mass is 574 g/mol. The zero-order chi connectivity index (χ0) is 30.8. The number of benzene rings is 1. The first kappa shape index (κ1) is 30.6. The summed E-state index contributed by atoms with van der Waals surface area (Å²) in [5, 5.41) is 48.3. The Labute approximate surface area is 237 Å². The number of phenols is 1. The molecule has 7 N–H and O–H groups in total. The number of aliphatic hydroxyl groups is 3. The molecule has 12 heteroatoms. The number of aliphatic hydroxyl groups excluding tert-OH is 2. The highest BCUT2D eigenvalue weighted by Crippen LogP contribution is 2.65. The van der Waals surface area contributed by atoms with E-state index in [4.69, 9.17) is 10.5 Å². The van der Waals surface area contributed by atoms with Crippen LogP contribution in [-0.4, -0.2) is 74.2 Å². The molecule has 0 bridgehead atoms. The number of fused-ring (bicyclic) bond motifs is 3. The lowest BCUT2D eigenvalue weighted by Crippen LogP contribution is -2.79. The lowest BCUT2D eigenvalue weighted by Gasteiger charge is -2.66. The number of nitrogens with one attached hydrogen (secondary N) is 1. The van der Waals surface area contributed by atoms with Gasteiger partial charge in [-0.3, -0.25) is 19.2 Å². The van der Waals surface area contributed by atoms with Gasteiger partial charge in [0.1, 0.15) is 17.8 Å². The number of Topliss-reactive ketones (excluding diaryl/α,β-unsaturated/α-hetero) is 3. The van der Waals surface area contributed by atoms with Crippen LogP contribution in [0, 0.1) is 34.5 Å². The summed E-state index contributed by atoms with van der Waals surface area (Å²) in [5.41, 5.74) is 1.14. The van der Waals surface area contributed by atoms with Gasteiger partial charge in [-0.1, -0.05) is 33.8 Å². The molecular formula is C29H38N2O10. The molecule has 8 atom stereocenters. The Bertz CT molecular complexity index is 1330. The van der Waals surface area contributed by atoms with Crippen molar-refractivity contribution in [3.63, 3.8) is 0 Å². The molecule has 0 spiro atoms. The highest BCUT2D eigenvalue weighted by Gasteiger charge is 2.75. The summed E-state index contributed by atoms with van der Waals surface area (Å²) in [5.74, 6) is -8.02. The summed E-state index contributed by atoms with van der Waals surface area (Å²) in [6.45, 7) is 7.62. The van der Waals surface area contributed by atoms with E-state index in [2.05, 4.69) is 5.32 Å². The van der Waals surface area contributed by atoms with Crippen molar-refractivity contribution in [3.8, 4) is 5.75 Å². The number of hydrogen-bond acceptors (Lipinski definition) is 10. The summed E-state index contributed by atoms with van der Waals surface area (Å²) >= 11 is 0. The van der Waals surface area contributed by atoms with Gasteiger partial charge in [0.25, 0.3) is 0 Å². The average Bonchev–Trinajstić information content (AvgIpc) is 2.84. The molecule has 12 nitrogen and oxygen atoms in total. The number of carbonyl (C=O) groups is 5. The van der Waals surface area contributed by atoms with E-state index in [0.29, 0.717) is 11.1 Å². The van der Waals surface area contributed by atoms with Crippen molar-refractivity contribution in [3.05, 3.63) is 28.8 Å². The quantitative estimate of drug-likeness (QED) is 0.257. The minimum Gasteiger partial charge on any atom is -0.507 e. The Kier molecular flexibility index (Phi) is 7.60. The summed E-state index contributed by atoms with van der Waals surface area (Å²) < 4.78 is 4.83. The maximum Gasteiger partial charge on any atom is 0.407 e. The first-order valence-corrected chi connectivity index (χ1v) is 13.6. The molecule has 2 saturated carbocycles. The van der Waals surface area contributed by atoms with Crippen LogP contribution in [0.3, 0.4) is 0 Å². The number of nitrogens with two attached hydrogens (primary N) is 1. The van der Waals surface area contributed by atoms with Gasteiger partial charge < -0.3 is 36.2 Å². The van der Waals surface area contributed by atoms with Gasteiger partial charge in [0.05, 0.1) is 17.6 Å². The van der Waals surface area contributed by atoms with Gasteiger partial charge in [-0.25, -0.2) is 4.79 Å². The Morgan fingerprint density at radius 3 is 2.37 bits per heavy atom. The van der Waals surface area contributed by atoms with E-state index in [1.54, 1.807) is 27.7 Å². The Balaban J connectivity index is 1.81. The van der Waals surface area contributed by atoms with Crippen molar-refractivity contribution in [1.29, 1.82) is 0 Å². The van der Waals surface area contributed by atoms with Crippen molar-refractivity contribution in [2.75, 3.05) is 6.61 Å². The van der Waals surface area contributed by atoms with Gasteiger partial charge in [0.2, 0.25) is 5.91 Å². The van der Waals surface area contributed by atoms with E-state index in [9.17, 15) is 44.4 Å². The number of rotatable bonds is 6. The number of amides is 2. The largest absolute Gasteiger partial charge is 0.507 e. The summed E-state index contributed by atoms with van der Waals surface area (Å²) in [7, 11) is 0. The Morgan fingerprint density at radius 1 is 1.17 bits per heavy atom. The fourth-order valence-electron chi connectivity index (χ4n) is 8.15. The van der Waals surface area contributed by atoms with Crippen molar-refractivity contribution in [1.82, 2.24) is 5.32 Å². The Morgan fingerprint density at radius 2 is 1.80 bits per heavy atom. The lowest BCUT2D eigenvalue weighted by molar-refractivity contribution is -0.265. The third kappa shape index (κ3) is 4.43. The smallest absolute Gasteiger partial charge is 0.407 e. The zero-order valence-corrected chi connectivity index (χ0v) is 23.8. The molecule has 2 amide bonds. The number of carbonyl (C=O) groups excluding carboxylic acids is 5. The third-order valence-corrected chi connectivity index (χ3v) is 9.59. The molecule has 2 unspecified atom stereocenters. The van der Waals surface area contributed by atoms with Crippen LogP contribution in [0.1, 0.15) is 62.5 Å². The van der Waals surface area contributed by atoms with Crippen LogP contribution in [-0.2, 0) is 32.1 Å². The van der Waals surface area contributed by atoms with Crippen LogP contribution in [0.4, 0.5) is 4.79 Å². The van der Waals surface area contributed by atoms with Gasteiger partial charge in [0.15, 0.2) is 29.6 Å². The number of ketones is 3. The molecule has 0 aliphatic heterocycles. The summed E-state index contributed by atoms with van der Waals surface area (Å²) in [4.78, 5) is 63.3. The molecule has 0 aromatic heterocycles. The number of phenolic OH excluding ortho intramolecular Hbond substituents is 1. The number of hydrogen-bond donors (Lipinski definition) is 6. The SMILES string of the molecule is CC(=O)COC(=O)NCc1ccc(O)c2c1C[C@]1(C)C[C@]3(C)[C@@H](C(C)C)C(O)[C@@H](C(N)=O)C(=O)[C@]3(O)C(O)[C@H]1C2=O. The average molecular weight is 575 g/mol. The fourth-order valence-corrected chi connectivity index (χ4v) is 8.15. The Hall–Kier alpha value is -3.35. The minimum absolute atomic E-state index is 0.00368. The number of primary amides is 1. The van der Waals surface area contributed by atoms with E-state index in [1.807, 2.05) is 0 Å². The van der Waals surface area contributed by atoms with Crippen LogP contribution in [0.15, 0.2) is 12.1 Å². The number of ether oxygens (including phenoxy) is 1. The molecule has 1 aromatic carbocycles. The molecule has 1 aromatic rings. The van der Waals surface area contributed by atoms with Crippen LogP contribution < -0.4 is 11.1 Å². The molecular weight excluding hydrogens is 536 g/mol. The van der Waals surface area contributed by atoms with Gasteiger partial charge >= 0.3 is 6.09 Å². The maximum absolute atomic E-state index is 14.0. The predicted octanol–water partition coefficient (Wildman–Crippen LogP) is 0.388. The first-order valence-electron chi connectivity index (χ1n) is 13.6. The van der Waals surface area contributed by atoms with E-state index in [1.165, 1.54) is 19.1 Å². The summed E-state index contributed by atoms with van der Waals surface area (Å²) in [6, 6.07) is 2.81. The van der Waals surface area contributed by atoms with Crippen LogP contribution in [0.2, 0.25) is 0 Å². The first-order chi connectivity index (χ1) is 18.9. The highest BCUT2D eigenvalue weighted by atomic mass is 16.5. The summed E-state index contributed by atoms with van der Waals surface area (Å²) in [6.07, 6.45) is -4.22. The third-order valence-electron chi connectivity index (χ3n) is 9.59. The zero-order valence-electron chi connectivity index (χ0n) is 23.8. The normalized spacial score (nSPS) is 36.2. The molecule has 0 heterocycles. The van der Waals surface area contributed by atoms with Gasteiger partial charge in [-0.2, -0.15) is 0 Å². The molecule has 224 valence electrons. The van der Waals surface area contributed by atoms with Gasteiger partial charge in [-0.05, 0) is 54.2 Å². The van der Waals surface area contributed by atoms with E-state index >= 15 is 0 Å². The molecule has 2 fully saturated rings. The van der Waals surface area contributed by atoms with Gasteiger partial charge in [0, 0.05) is 12.0 Å². The molecule has 4 rings (SSSR count). The molecule has 0 saturated heterocycles. The van der Waals surface area contributed by atoms with Crippen molar-refractivity contribution < 1.29 is 49.1 Å².